The molecule has 0 aliphatic heterocycles. The van der Waals surface area contributed by atoms with Crippen molar-refractivity contribution >= 4 is 45.5 Å². The number of aromatic nitrogens is 1. The fraction of sp³-hybridized carbons (Fsp3) is 0. The molecule has 0 fully saturated rings. The van der Waals surface area contributed by atoms with E-state index in [0.717, 1.165) is 9.26 Å². The van der Waals surface area contributed by atoms with E-state index in [2.05, 4.69) is 32.9 Å². The molecule has 0 radical (unpaired) electrons. The molecule has 1 heterocycles. The van der Waals surface area contributed by atoms with Gasteiger partial charge in [-0.1, -0.05) is 6.07 Å². The number of hydrogen-bond donors (Lipinski definition) is 1. The molecule has 3 nitrogen and oxygen atoms in total. The summed E-state index contributed by atoms with van der Waals surface area (Å²) in [6.07, 6.45) is 0. The van der Waals surface area contributed by atoms with Gasteiger partial charge in [0.25, 0.3) is 5.91 Å². The summed E-state index contributed by atoms with van der Waals surface area (Å²) in [5, 5.41) is 4.51. The minimum absolute atomic E-state index is 0.168. The molecule has 0 saturated heterocycles. The average Bonchev–Trinajstić information content (AvgIpc) is 2.70. The number of hydrogen-bond acceptors (Lipinski definition) is 3. The molecular weight excluding hydrogens is 323 g/mol. The van der Waals surface area contributed by atoms with Gasteiger partial charge in [-0.15, -0.1) is 11.3 Å². The molecule has 0 atom stereocenters. The molecule has 5 heteroatoms. The zero-order valence-electron chi connectivity index (χ0n) is 7.61. The summed E-state index contributed by atoms with van der Waals surface area (Å²) in [5.41, 5.74) is 2.89. The van der Waals surface area contributed by atoms with Crippen molar-refractivity contribution in [2.75, 3.05) is 5.32 Å². The fourth-order valence-corrected chi connectivity index (χ4v) is 2.16. The predicted octanol–water partition coefficient (Wildman–Crippen LogP) is 3.00. The molecule has 15 heavy (non-hydrogen) atoms. The number of amides is 1. The largest absolute Gasteiger partial charge is 0.321 e. The van der Waals surface area contributed by atoms with Gasteiger partial charge in [0.1, 0.15) is 5.69 Å². The van der Waals surface area contributed by atoms with Gasteiger partial charge in [-0.3, -0.25) is 4.79 Å². The summed E-state index contributed by atoms with van der Waals surface area (Å²) in [5.74, 6) is -0.168. The van der Waals surface area contributed by atoms with Crippen LogP contribution in [0.2, 0.25) is 0 Å². The molecule has 1 aromatic heterocycles. The fourth-order valence-electron chi connectivity index (χ4n) is 1.09. The minimum Gasteiger partial charge on any atom is -0.321 e. The summed E-state index contributed by atoms with van der Waals surface area (Å²) in [4.78, 5) is 15.6. The van der Waals surface area contributed by atoms with Gasteiger partial charge in [-0.2, -0.15) is 0 Å². The second-order valence-corrected chi connectivity index (χ2v) is 4.80. The molecule has 1 amide bonds. The van der Waals surface area contributed by atoms with Crippen LogP contribution in [0.15, 0.2) is 35.2 Å². The molecule has 0 aliphatic rings. The van der Waals surface area contributed by atoms with Crippen molar-refractivity contribution in [1.82, 2.24) is 4.98 Å². The Hall–Kier alpha value is -0.950. The van der Waals surface area contributed by atoms with Gasteiger partial charge in [-0.05, 0) is 40.8 Å². The Bertz CT molecular complexity index is 470. The number of carbonyl (C=O) groups excluding carboxylic acids is 1. The number of carbonyl (C=O) groups is 1. The highest BCUT2D eigenvalue weighted by Gasteiger charge is 2.07. The highest BCUT2D eigenvalue weighted by Crippen LogP contribution is 2.13. The monoisotopic (exact) mass is 330 g/mol. The molecule has 2 rings (SSSR count). The van der Waals surface area contributed by atoms with Crippen LogP contribution in [0, 0.1) is 3.57 Å². The van der Waals surface area contributed by atoms with Crippen LogP contribution in [0.4, 0.5) is 5.69 Å². The average molecular weight is 330 g/mol. The predicted molar refractivity (Wildman–Crippen MR) is 69.2 cm³/mol. The van der Waals surface area contributed by atoms with Crippen molar-refractivity contribution in [3.8, 4) is 0 Å². The normalized spacial score (nSPS) is 9.93. The van der Waals surface area contributed by atoms with Crippen molar-refractivity contribution in [3.63, 3.8) is 0 Å². The van der Waals surface area contributed by atoms with E-state index >= 15 is 0 Å². The Morgan fingerprint density at radius 2 is 2.33 bits per heavy atom. The van der Waals surface area contributed by atoms with Crippen LogP contribution < -0.4 is 5.32 Å². The number of nitrogens with zero attached hydrogens (tertiary/aromatic N) is 1. The number of benzene rings is 1. The van der Waals surface area contributed by atoms with Crippen molar-refractivity contribution in [2.24, 2.45) is 0 Å². The first-order valence-electron chi connectivity index (χ1n) is 4.21. The van der Waals surface area contributed by atoms with Crippen molar-refractivity contribution < 1.29 is 4.79 Å². The van der Waals surface area contributed by atoms with Gasteiger partial charge in [0.05, 0.1) is 5.51 Å². The number of nitrogens with one attached hydrogen (secondary N) is 1. The SMILES string of the molecule is O=C(Nc1cccc(I)c1)c1cscn1. The van der Waals surface area contributed by atoms with E-state index in [-0.39, 0.29) is 5.91 Å². The number of anilines is 1. The van der Waals surface area contributed by atoms with Crippen LogP contribution in [-0.2, 0) is 0 Å². The molecule has 76 valence electrons. The van der Waals surface area contributed by atoms with Gasteiger partial charge in [0.15, 0.2) is 0 Å². The lowest BCUT2D eigenvalue weighted by atomic mass is 10.3. The zero-order chi connectivity index (χ0) is 10.7. The van der Waals surface area contributed by atoms with Gasteiger partial charge in [0, 0.05) is 14.6 Å². The Morgan fingerprint density at radius 3 is 3.00 bits per heavy atom. The lowest BCUT2D eigenvalue weighted by molar-refractivity contribution is 0.102. The van der Waals surface area contributed by atoms with E-state index < -0.39 is 0 Å². The topological polar surface area (TPSA) is 42.0 Å². The molecule has 1 N–H and O–H groups in total. The maximum atomic E-state index is 11.6. The lowest BCUT2D eigenvalue weighted by Crippen LogP contribution is -2.12. The van der Waals surface area contributed by atoms with Gasteiger partial charge in [-0.25, -0.2) is 4.98 Å². The first kappa shape index (κ1) is 10.6. The van der Waals surface area contributed by atoms with Crippen LogP contribution in [0.1, 0.15) is 10.5 Å². The Morgan fingerprint density at radius 1 is 1.47 bits per heavy atom. The summed E-state index contributed by atoms with van der Waals surface area (Å²) < 4.78 is 1.09. The van der Waals surface area contributed by atoms with Crippen LogP contribution >= 0.6 is 33.9 Å². The smallest absolute Gasteiger partial charge is 0.275 e. The molecular formula is C10H7IN2OS. The van der Waals surface area contributed by atoms with E-state index in [0.29, 0.717) is 5.69 Å². The molecule has 0 aliphatic carbocycles. The second kappa shape index (κ2) is 4.71. The molecule has 0 saturated carbocycles. The maximum Gasteiger partial charge on any atom is 0.275 e. The highest BCUT2D eigenvalue weighted by atomic mass is 127. The summed E-state index contributed by atoms with van der Waals surface area (Å²) in [6.45, 7) is 0. The van der Waals surface area contributed by atoms with Crippen LogP contribution in [-0.4, -0.2) is 10.9 Å². The Kier molecular flexibility index (Phi) is 3.32. The minimum atomic E-state index is -0.168. The Balaban J connectivity index is 2.13. The third-order valence-corrected chi connectivity index (χ3v) is 3.00. The molecule has 1 aromatic carbocycles. The standard InChI is InChI=1S/C10H7IN2OS/c11-7-2-1-3-8(4-7)13-10(14)9-5-15-6-12-9/h1-6H,(H,13,14). The zero-order valence-corrected chi connectivity index (χ0v) is 10.6. The van der Waals surface area contributed by atoms with Crippen molar-refractivity contribution in [2.45, 2.75) is 0 Å². The first-order valence-corrected chi connectivity index (χ1v) is 6.23. The number of halogens is 1. The van der Waals surface area contributed by atoms with E-state index in [1.807, 2.05) is 24.3 Å². The van der Waals surface area contributed by atoms with Gasteiger partial charge < -0.3 is 5.32 Å². The molecule has 0 bridgehead atoms. The summed E-state index contributed by atoms with van der Waals surface area (Å²) >= 11 is 3.61. The van der Waals surface area contributed by atoms with Crippen molar-refractivity contribution in [1.29, 1.82) is 0 Å². The Labute approximate surface area is 105 Å². The van der Waals surface area contributed by atoms with Crippen LogP contribution in [0.3, 0.4) is 0 Å². The molecule has 0 spiro atoms. The van der Waals surface area contributed by atoms with E-state index in [1.165, 1.54) is 11.3 Å². The summed E-state index contributed by atoms with van der Waals surface area (Å²) in [7, 11) is 0. The quantitative estimate of drug-likeness (QED) is 0.860. The van der Waals surface area contributed by atoms with Crippen LogP contribution in [0.5, 0.6) is 0 Å². The number of rotatable bonds is 2. The molecule has 0 unspecified atom stereocenters. The van der Waals surface area contributed by atoms with Crippen molar-refractivity contribution in [3.05, 3.63) is 44.4 Å². The highest BCUT2D eigenvalue weighted by molar-refractivity contribution is 14.1. The van der Waals surface area contributed by atoms with E-state index in [9.17, 15) is 4.79 Å². The lowest BCUT2D eigenvalue weighted by Gasteiger charge is -2.02. The first-order chi connectivity index (χ1) is 7.25. The van der Waals surface area contributed by atoms with E-state index in [4.69, 9.17) is 0 Å². The second-order valence-electron chi connectivity index (χ2n) is 2.84. The maximum absolute atomic E-state index is 11.6. The van der Waals surface area contributed by atoms with Gasteiger partial charge >= 0.3 is 0 Å². The van der Waals surface area contributed by atoms with Gasteiger partial charge in [0.2, 0.25) is 0 Å². The number of thiazole rings is 1. The molecule has 2 aromatic rings. The third-order valence-electron chi connectivity index (χ3n) is 1.75. The third kappa shape index (κ3) is 2.75. The summed E-state index contributed by atoms with van der Waals surface area (Å²) in [6, 6.07) is 7.63. The van der Waals surface area contributed by atoms with E-state index in [1.54, 1.807) is 10.9 Å². The van der Waals surface area contributed by atoms with Crippen LogP contribution in [0.25, 0.3) is 0 Å².